The monoisotopic (exact) mass is 342 g/mol. The number of methoxy groups -OCH3 is 1. The van der Waals surface area contributed by atoms with E-state index in [1.165, 1.54) is 0 Å². The second-order valence-corrected chi connectivity index (χ2v) is 6.29. The van der Waals surface area contributed by atoms with Crippen LogP contribution >= 0.6 is 0 Å². The number of aliphatic carboxylic acids is 1. The predicted molar refractivity (Wildman–Crippen MR) is 98.8 cm³/mol. The number of ether oxygens (including phenoxy) is 2. The molecule has 0 amide bonds. The lowest BCUT2D eigenvalue weighted by Crippen LogP contribution is -2.16. The number of carboxylic acids is 1. The normalized spacial score (nSPS) is 11.8. The predicted octanol–water partition coefficient (Wildman–Crippen LogP) is 4.51. The summed E-state index contributed by atoms with van der Waals surface area (Å²) in [7, 11) is 1.60. The minimum Gasteiger partial charge on any atom is -0.493 e. The van der Waals surface area contributed by atoms with E-state index in [9.17, 15) is 9.90 Å². The van der Waals surface area contributed by atoms with Gasteiger partial charge in [-0.1, -0.05) is 36.8 Å². The van der Waals surface area contributed by atoms with Crippen molar-refractivity contribution in [1.82, 2.24) is 0 Å². The van der Waals surface area contributed by atoms with Crippen molar-refractivity contribution >= 4 is 5.97 Å². The van der Waals surface area contributed by atoms with Gasteiger partial charge in [-0.25, -0.2) is 0 Å². The van der Waals surface area contributed by atoms with Crippen LogP contribution in [0.15, 0.2) is 36.4 Å². The second-order valence-electron chi connectivity index (χ2n) is 6.29. The van der Waals surface area contributed by atoms with Gasteiger partial charge < -0.3 is 14.6 Å². The first kappa shape index (κ1) is 18.8. The van der Waals surface area contributed by atoms with E-state index >= 15 is 0 Å². The average Bonchev–Trinajstić information content (AvgIpc) is 2.60. The third-order valence-corrected chi connectivity index (χ3v) is 4.24. The molecule has 4 nitrogen and oxygen atoms in total. The molecule has 0 saturated carbocycles. The molecule has 2 rings (SSSR count). The number of rotatable bonds is 8. The van der Waals surface area contributed by atoms with E-state index in [4.69, 9.17) is 9.47 Å². The van der Waals surface area contributed by atoms with Crippen molar-refractivity contribution in [3.05, 3.63) is 58.7 Å². The van der Waals surface area contributed by atoms with Gasteiger partial charge in [0, 0.05) is 0 Å². The molecule has 0 aliphatic carbocycles. The molecule has 25 heavy (non-hydrogen) atoms. The van der Waals surface area contributed by atoms with Crippen molar-refractivity contribution in [3.8, 4) is 11.5 Å². The van der Waals surface area contributed by atoms with Crippen LogP contribution in [0.2, 0.25) is 0 Å². The molecule has 0 aromatic heterocycles. The molecule has 0 aliphatic heterocycles. The van der Waals surface area contributed by atoms with Gasteiger partial charge in [0.25, 0.3) is 0 Å². The van der Waals surface area contributed by atoms with Gasteiger partial charge in [0.15, 0.2) is 11.5 Å². The van der Waals surface area contributed by atoms with E-state index in [0.717, 1.165) is 28.7 Å². The van der Waals surface area contributed by atoms with Crippen LogP contribution in [-0.4, -0.2) is 24.8 Å². The third kappa shape index (κ3) is 4.75. The molecule has 0 spiro atoms. The number of aryl methyl sites for hydroxylation is 2. The molecule has 0 heterocycles. The number of carbonyl (C=O) groups is 1. The fourth-order valence-corrected chi connectivity index (χ4v) is 2.87. The van der Waals surface area contributed by atoms with Crippen molar-refractivity contribution in [1.29, 1.82) is 0 Å². The molecule has 0 fully saturated rings. The molecule has 0 bridgehead atoms. The summed E-state index contributed by atoms with van der Waals surface area (Å²) in [6, 6.07) is 11.6. The Kier molecular flexibility index (Phi) is 6.45. The topological polar surface area (TPSA) is 55.8 Å². The maximum atomic E-state index is 11.9. The molecule has 2 aromatic rings. The van der Waals surface area contributed by atoms with Gasteiger partial charge in [0.1, 0.15) is 0 Å². The molecule has 1 N–H and O–H groups in total. The van der Waals surface area contributed by atoms with Gasteiger partial charge >= 0.3 is 5.97 Å². The van der Waals surface area contributed by atoms with Crippen molar-refractivity contribution < 1.29 is 19.4 Å². The molecule has 134 valence electrons. The highest BCUT2D eigenvalue weighted by Crippen LogP contribution is 2.31. The molecule has 2 aromatic carbocycles. The molecular formula is C21H26O4. The summed E-state index contributed by atoms with van der Waals surface area (Å²) in [4.78, 5) is 11.9. The van der Waals surface area contributed by atoms with E-state index in [1.54, 1.807) is 7.11 Å². The summed E-state index contributed by atoms with van der Waals surface area (Å²) in [5, 5.41) is 9.76. The Hall–Kier alpha value is -2.49. The van der Waals surface area contributed by atoms with Crippen LogP contribution in [0.1, 0.15) is 41.5 Å². The first-order valence-electron chi connectivity index (χ1n) is 8.56. The second kappa shape index (κ2) is 8.56. The number of benzene rings is 2. The van der Waals surface area contributed by atoms with Gasteiger partial charge in [-0.05, 0) is 55.5 Å². The van der Waals surface area contributed by atoms with E-state index in [2.05, 4.69) is 0 Å². The smallest absolute Gasteiger partial charge is 0.311 e. The highest BCUT2D eigenvalue weighted by atomic mass is 16.5. The summed E-state index contributed by atoms with van der Waals surface area (Å²) in [6.45, 7) is 6.57. The Morgan fingerprint density at radius 2 is 1.88 bits per heavy atom. The SMILES string of the molecule is CCCOc1cc(CC(C(=O)O)c2cc(C)ccc2C)ccc1OC. The maximum absolute atomic E-state index is 11.9. The summed E-state index contributed by atoms with van der Waals surface area (Å²) < 4.78 is 11.1. The van der Waals surface area contributed by atoms with Crippen LogP contribution in [0.3, 0.4) is 0 Å². The highest BCUT2D eigenvalue weighted by Gasteiger charge is 2.23. The number of carboxylic acid groups (broad SMARTS) is 1. The number of hydrogen-bond acceptors (Lipinski definition) is 3. The Morgan fingerprint density at radius 3 is 2.52 bits per heavy atom. The van der Waals surface area contributed by atoms with Crippen molar-refractivity contribution in [3.63, 3.8) is 0 Å². The van der Waals surface area contributed by atoms with E-state index < -0.39 is 11.9 Å². The summed E-state index contributed by atoms with van der Waals surface area (Å²) in [5.74, 6) is -0.0874. The molecule has 1 unspecified atom stereocenters. The van der Waals surface area contributed by atoms with Gasteiger partial charge in [0.2, 0.25) is 0 Å². The molecule has 4 heteroatoms. The lowest BCUT2D eigenvalue weighted by Gasteiger charge is -2.17. The Balaban J connectivity index is 2.33. The lowest BCUT2D eigenvalue weighted by molar-refractivity contribution is -0.138. The van der Waals surface area contributed by atoms with Gasteiger partial charge in [-0.2, -0.15) is 0 Å². The Morgan fingerprint density at radius 1 is 1.12 bits per heavy atom. The molecule has 0 radical (unpaired) electrons. The highest BCUT2D eigenvalue weighted by molar-refractivity contribution is 5.77. The number of hydrogen-bond donors (Lipinski definition) is 1. The minimum absolute atomic E-state index is 0.409. The third-order valence-electron chi connectivity index (χ3n) is 4.24. The first-order chi connectivity index (χ1) is 12.0. The minimum atomic E-state index is -0.819. The van der Waals surface area contributed by atoms with Crippen LogP contribution in [-0.2, 0) is 11.2 Å². The van der Waals surface area contributed by atoms with Crippen LogP contribution in [0, 0.1) is 13.8 Å². The molecule has 0 saturated heterocycles. The largest absolute Gasteiger partial charge is 0.493 e. The van der Waals surface area contributed by atoms with Gasteiger partial charge in [-0.15, -0.1) is 0 Å². The molecule has 0 aliphatic rings. The summed E-state index contributed by atoms with van der Waals surface area (Å²) in [5.41, 5.74) is 3.84. The zero-order chi connectivity index (χ0) is 18.4. The quantitative estimate of drug-likeness (QED) is 0.767. The van der Waals surface area contributed by atoms with Gasteiger partial charge in [0.05, 0.1) is 19.6 Å². The van der Waals surface area contributed by atoms with Crippen molar-refractivity contribution in [2.24, 2.45) is 0 Å². The van der Waals surface area contributed by atoms with Crippen LogP contribution in [0.4, 0.5) is 0 Å². The Bertz CT molecular complexity index is 737. The molecule has 1 atom stereocenters. The fraction of sp³-hybridized carbons (Fsp3) is 0.381. The van der Waals surface area contributed by atoms with E-state index in [1.807, 2.05) is 57.2 Å². The Labute approximate surface area is 149 Å². The zero-order valence-corrected chi connectivity index (χ0v) is 15.3. The van der Waals surface area contributed by atoms with Crippen molar-refractivity contribution in [2.75, 3.05) is 13.7 Å². The first-order valence-corrected chi connectivity index (χ1v) is 8.56. The van der Waals surface area contributed by atoms with E-state index in [-0.39, 0.29) is 0 Å². The fourth-order valence-electron chi connectivity index (χ4n) is 2.87. The lowest BCUT2D eigenvalue weighted by atomic mass is 9.88. The van der Waals surface area contributed by atoms with Gasteiger partial charge in [-0.3, -0.25) is 4.79 Å². The van der Waals surface area contributed by atoms with Crippen LogP contribution in [0.25, 0.3) is 0 Å². The standard InChI is InChI=1S/C21H26O4/c1-5-10-25-20-13-16(8-9-19(20)24-4)12-18(21(22)23)17-11-14(2)6-7-15(17)3/h6-9,11,13,18H,5,10,12H2,1-4H3,(H,22,23). The summed E-state index contributed by atoms with van der Waals surface area (Å²) >= 11 is 0. The van der Waals surface area contributed by atoms with Crippen molar-refractivity contribution in [2.45, 2.75) is 39.5 Å². The summed E-state index contributed by atoms with van der Waals surface area (Å²) in [6.07, 6.45) is 1.31. The van der Waals surface area contributed by atoms with Crippen LogP contribution in [0.5, 0.6) is 11.5 Å². The van der Waals surface area contributed by atoms with Crippen LogP contribution < -0.4 is 9.47 Å². The maximum Gasteiger partial charge on any atom is 0.311 e. The average molecular weight is 342 g/mol. The molecular weight excluding hydrogens is 316 g/mol. The zero-order valence-electron chi connectivity index (χ0n) is 15.3. The van der Waals surface area contributed by atoms with E-state index in [0.29, 0.717) is 24.5 Å².